The number of nitrogens with one attached hydrogen (secondary N) is 1. The molecule has 0 saturated heterocycles. The molecule has 2 heteroatoms. The molecule has 2 aromatic rings. The van der Waals surface area contributed by atoms with Crippen molar-refractivity contribution in [1.82, 2.24) is 10.2 Å². The van der Waals surface area contributed by atoms with E-state index in [-0.39, 0.29) is 0 Å². The molecule has 0 radical (unpaired) electrons. The lowest BCUT2D eigenvalue weighted by atomic mass is 10.1. The van der Waals surface area contributed by atoms with Gasteiger partial charge in [0.25, 0.3) is 0 Å². The molecular formula is C18H24N2. The van der Waals surface area contributed by atoms with Crippen LogP contribution in [-0.4, -0.2) is 31.6 Å². The van der Waals surface area contributed by atoms with Crippen molar-refractivity contribution in [3.8, 4) is 0 Å². The summed E-state index contributed by atoms with van der Waals surface area (Å²) in [4.78, 5) is 2.38. The molecule has 0 aromatic heterocycles. The van der Waals surface area contributed by atoms with Crippen LogP contribution in [0.2, 0.25) is 0 Å². The highest BCUT2D eigenvalue weighted by molar-refractivity contribution is 5.15. The molecule has 106 valence electrons. The topological polar surface area (TPSA) is 15.3 Å². The van der Waals surface area contributed by atoms with E-state index in [1.165, 1.54) is 11.1 Å². The van der Waals surface area contributed by atoms with Crippen molar-refractivity contribution < 1.29 is 0 Å². The van der Waals surface area contributed by atoms with Gasteiger partial charge >= 0.3 is 0 Å². The van der Waals surface area contributed by atoms with E-state index in [0.29, 0.717) is 0 Å². The van der Waals surface area contributed by atoms with Crippen LogP contribution >= 0.6 is 0 Å². The van der Waals surface area contributed by atoms with Gasteiger partial charge in [-0.1, -0.05) is 60.7 Å². The second kappa shape index (κ2) is 8.51. The third-order valence-electron chi connectivity index (χ3n) is 3.47. The lowest BCUT2D eigenvalue weighted by Gasteiger charge is -2.17. The monoisotopic (exact) mass is 268 g/mol. The van der Waals surface area contributed by atoms with Gasteiger partial charge in [-0.25, -0.2) is 0 Å². The van der Waals surface area contributed by atoms with Crippen molar-refractivity contribution in [3.05, 3.63) is 71.8 Å². The van der Waals surface area contributed by atoms with Crippen molar-refractivity contribution in [3.63, 3.8) is 0 Å². The van der Waals surface area contributed by atoms with Crippen LogP contribution in [0, 0.1) is 0 Å². The van der Waals surface area contributed by atoms with Gasteiger partial charge in [0.15, 0.2) is 0 Å². The first-order chi connectivity index (χ1) is 9.84. The summed E-state index contributed by atoms with van der Waals surface area (Å²) in [5.74, 6) is 0. The first-order valence-corrected chi connectivity index (χ1v) is 7.32. The van der Waals surface area contributed by atoms with Gasteiger partial charge < -0.3 is 10.2 Å². The Morgan fingerprint density at radius 2 is 1.40 bits per heavy atom. The highest BCUT2D eigenvalue weighted by atomic mass is 15.1. The van der Waals surface area contributed by atoms with Gasteiger partial charge in [-0.05, 0) is 24.6 Å². The molecule has 0 aliphatic heterocycles. The number of nitrogens with zero attached hydrogens (tertiary/aromatic N) is 1. The molecule has 0 aliphatic carbocycles. The zero-order chi connectivity index (χ0) is 14.0. The predicted octanol–water partition coefficient (Wildman–Crippen LogP) is 2.95. The Morgan fingerprint density at radius 3 is 2.05 bits per heavy atom. The molecule has 2 rings (SSSR count). The minimum absolute atomic E-state index is 0.952. The Kier molecular flexibility index (Phi) is 6.28. The zero-order valence-electron chi connectivity index (χ0n) is 12.3. The van der Waals surface area contributed by atoms with Crippen molar-refractivity contribution in [2.45, 2.75) is 13.0 Å². The van der Waals surface area contributed by atoms with Crippen LogP contribution in [0.5, 0.6) is 0 Å². The largest absolute Gasteiger partial charge is 0.311 e. The van der Waals surface area contributed by atoms with Crippen LogP contribution in [0.1, 0.15) is 11.1 Å². The summed E-state index contributed by atoms with van der Waals surface area (Å²) in [5.41, 5.74) is 2.76. The van der Waals surface area contributed by atoms with Crippen LogP contribution in [-0.2, 0) is 13.0 Å². The molecule has 20 heavy (non-hydrogen) atoms. The predicted molar refractivity (Wildman–Crippen MR) is 85.8 cm³/mol. The quantitative estimate of drug-likeness (QED) is 0.741. The minimum atomic E-state index is 0.952. The van der Waals surface area contributed by atoms with E-state index in [9.17, 15) is 0 Å². The van der Waals surface area contributed by atoms with Crippen LogP contribution in [0.25, 0.3) is 0 Å². The van der Waals surface area contributed by atoms with Gasteiger partial charge in [-0.3, -0.25) is 0 Å². The Labute approximate surface area is 122 Å². The molecule has 2 nitrogen and oxygen atoms in total. The van der Waals surface area contributed by atoms with Crippen LogP contribution in [0.3, 0.4) is 0 Å². The molecule has 0 heterocycles. The second-order valence-electron chi connectivity index (χ2n) is 5.20. The van der Waals surface area contributed by atoms with Crippen LogP contribution < -0.4 is 5.32 Å². The summed E-state index contributed by atoms with van der Waals surface area (Å²) in [6.45, 7) is 4.17. The molecule has 0 aliphatic rings. The van der Waals surface area contributed by atoms with E-state index in [0.717, 1.165) is 32.6 Å². The van der Waals surface area contributed by atoms with Gasteiger partial charge in [0.2, 0.25) is 0 Å². The molecule has 2 aromatic carbocycles. The van der Waals surface area contributed by atoms with Crippen LogP contribution in [0.4, 0.5) is 0 Å². The van der Waals surface area contributed by atoms with Gasteiger partial charge in [-0.2, -0.15) is 0 Å². The Hall–Kier alpha value is -1.64. The lowest BCUT2D eigenvalue weighted by Crippen LogP contribution is -2.30. The van der Waals surface area contributed by atoms with Crippen molar-refractivity contribution in [1.29, 1.82) is 0 Å². The standard InChI is InChI=1S/C18H24N2/c1-20(14-12-17-8-4-2-5-9-17)15-13-19-16-18-10-6-3-7-11-18/h2-11,19H,12-16H2,1H3. The summed E-state index contributed by atoms with van der Waals surface area (Å²) in [6, 6.07) is 21.2. The van der Waals surface area contributed by atoms with Gasteiger partial charge in [0, 0.05) is 26.2 Å². The first kappa shape index (κ1) is 14.8. The number of likely N-dealkylation sites (N-methyl/N-ethyl adjacent to an activating group) is 1. The van der Waals surface area contributed by atoms with Crippen molar-refractivity contribution in [2.75, 3.05) is 26.7 Å². The normalized spacial score (nSPS) is 10.9. The molecule has 0 spiro atoms. The summed E-state index contributed by atoms with van der Waals surface area (Å²) >= 11 is 0. The zero-order valence-corrected chi connectivity index (χ0v) is 12.3. The third-order valence-corrected chi connectivity index (χ3v) is 3.47. The summed E-state index contributed by atoms with van der Waals surface area (Å²) in [7, 11) is 2.19. The van der Waals surface area contributed by atoms with E-state index in [1.54, 1.807) is 0 Å². The summed E-state index contributed by atoms with van der Waals surface area (Å²) in [6.07, 6.45) is 1.12. The lowest BCUT2D eigenvalue weighted by molar-refractivity contribution is 0.335. The molecule has 0 saturated carbocycles. The summed E-state index contributed by atoms with van der Waals surface area (Å²) < 4.78 is 0. The average molecular weight is 268 g/mol. The van der Waals surface area contributed by atoms with Gasteiger partial charge in [-0.15, -0.1) is 0 Å². The van der Waals surface area contributed by atoms with Crippen LogP contribution in [0.15, 0.2) is 60.7 Å². The number of rotatable bonds is 8. The first-order valence-electron chi connectivity index (χ1n) is 7.32. The van der Waals surface area contributed by atoms with Crippen molar-refractivity contribution >= 4 is 0 Å². The van der Waals surface area contributed by atoms with E-state index in [1.807, 2.05) is 0 Å². The maximum Gasteiger partial charge on any atom is 0.0206 e. The molecular weight excluding hydrogens is 244 g/mol. The minimum Gasteiger partial charge on any atom is -0.311 e. The number of hydrogen-bond acceptors (Lipinski definition) is 2. The maximum absolute atomic E-state index is 3.49. The fraction of sp³-hybridized carbons (Fsp3) is 0.333. The highest BCUT2D eigenvalue weighted by Gasteiger charge is 1.99. The average Bonchev–Trinajstić information content (AvgIpc) is 2.52. The molecule has 1 N–H and O–H groups in total. The summed E-state index contributed by atoms with van der Waals surface area (Å²) in [5, 5.41) is 3.49. The Bertz CT molecular complexity index is 467. The Morgan fingerprint density at radius 1 is 0.800 bits per heavy atom. The van der Waals surface area contributed by atoms with E-state index >= 15 is 0 Å². The smallest absolute Gasteiger partial charge is 0.0206 e. The second-order valence-corrected chi connectivity index (χ2v) is 5.20. The number of hydrogen-bond donors (Lipinski definition) is 1. The number of benzene rings is 2. The molecule has 0 unspecified atom stereocenters. The maximum atomic E-state index is 3.49. The van der Waals surface area contributed by atoms with E-state index in [4.69, 9.17) is 0 Å². The van der Waals surface area contributed by atoms with E-state index < -0.39 is 0 Å². The van der Waals surface area contributed by atoms with Gasteiger partial charge in [0.1, 0.15) is 0 Å². The van der Waals surface area contributed by atoms with Gasteiger partial charge in [0.05, 0.1) is 0 Å². The molecule has 0 amide bonds. The highest BCUT2D eigenvalue weighted by Crippen LogP contribution is 2.00. The fourth-order valence-corrected chi connectivity index (χ4v) is 2.17. The van der Waals surface area contributed by atoms with E-state index in [2.05, 4.69) is 77.9 Å². The fourth-order valence-electron chi connectivity index (χ4n) is 2.17. The molecule has 0 atom stereocenters. The Balaban J connectivity index is 1.57. The van der Waals surface area contributed by atoms with Crippen molar-refractivity contribution in [2.24, 2.45) is 0 Å². The molecule has 0 bridgehead atoms. The third kappa shape index (κ3) is 5.55. The SMILES string of the molecule is CN(CCNCc1ccccc1)CCc1ccccc1. The molecule has 0 fully saturated rings.